The van der Waals surface area contributed by atoms with Gasteiger partial charge >= 0.3 is 0 Å². The largest absolute Gasteiger partial charge is 0.352 e. The Hall–Kier alpha value is -1.88. The Kier molecular flexibility index (Phi) is 3.57. The molecule has 1 aliphatic carbocycles. The quantitative estimate of drug-likeness (QED) is 0.760. The minimum absolute atomic E-state index is 0.146. The van der Waals surface area contributed by atoms with Gasteiger partial charge in [0.2, 0.25) is 5.91 Å². The lowest BCUT2D eigenvalue weighted by Gasteiger charge is -2.13. The van der Waals surface area contributed by atoms with E-state index in [4.69, 9.17) is 5.73 Å². The van der Waals surface area contributed by atoms with Gasteiger partial charge in [-0.25, -0.2) is 0 Å². The van der Waals surface area contributed by atoms with Crippen LogP contribution in [0.1, 0.15) is 35.7 Å². The van der Waals surface area contributed by atoms with E-state index in [0.29, 0.717) is 30.6 Å². The van der Waals surface area contributed by atoms with Crippen molar-refractivity contribution in [2.24, 2.45) is 5.73 Å². The van der Waals surface area contributed by atoms with E-state index in [2.05, 4.69) is 10.6 Å². The van der Waals surface area contributed by atoms with Crippen LogP contribution in [0.25, 0.3) is 0 Å². The van der Waals surface area contributed by atoms with Crippen molar-refractivity contribution in [1.82, 2.24) is 5.32 Å². The third kappa shape index (κ3) is 2.93. The number of carbonyl (C=O) groups excluding carboxylic acids is 2. The second-order valence-electron chi connectivity index (χ2n) is 5.00. The van der Waals surface area contributed by atoms with Crippen molar-refractivity contribution >= 4 is 17.5 Å². The number of amides is 2. The van der Waals surface area contributed by atoms with Gasteiger partial charge in [-0.2, -0.15) is 0 Å². The normalized spacial score (nSPS) is 15.7. The summed E-state index contributed by atoms with van der Waals surface area (Å²) in [6.07, 6.45) is 1.43. The Morgan fingerprint density at radius 3 is 2.63 bits per heavy atom. The monoisotopic (exact) mass is 261 g/mol. The third-order valence-electron chi connectivity index (χ3n) is 3.33. The van der Waals surface area contributed by atoms with Crippen LogP contribution in [0.15, 0.2) is 18.2 Å². The van der Waals surface area contributed by atoms with Gasteiger partial charge in [0.25, 0.3) is 5.91 Å². The van der Waals surface area contributed by atoms with E-state index in [0.717, 1.165) is 5.56 Å². The first-order valence-electron chi connectivity index (χ1n) is 6.45. The van der Waals surface area contributed by atoms with Crippen LogP contribution >= 0.6 is 0 Å². The highest BCUT2D eigenvalue weighted by Crippen LogP contribution is 2.33. The second kappa shape index (κ2) is 5.01. The number of nitrogens with one attached hydrogen (secondary N) is 2. The molecule has 2 amide bonds. The van der Waals surface area contributed by atoms with Gasteiger partial charge in [-0.3, -0.25) is 9.59 Å². The molecule has 2 rings (SSSR count). The fraction of sp³-hybridized carbons (Fsp3) is 0.429. The lowest BCUT2D eigenvalue weighted by molar-refractivity contribution is -0.118. The number of hydrogen-bond donors (Lipinski definition) is 3. The predicted molar refractivity (Wildman–Crippen MR) is 74.0 cm³/mol. The van der Waals surface area contributed by atoms with Crippen LogP contribution in [-0.2, 0) is 4.79 Å². The van der Waals surface area contributed by atoms with Crippen LogP contribution in [0.5, 0.6) is 0 Å². The molecule has 0 heterocycles. The van der Waals surface area contributed by atoms with Crippen molar-refractivity contribution in [1.29, 1.82) is 0 Å². The molecule has 0 unspecified atom stereocenters. The summed E-state index contributed by atoms with van der Waals surface area (Å²) in [5, 5.41) is 5.53. The van der Waals surface area contributed by atoms with Crippen LogP contribution in [0.3, 0.4) is 0 Å². The summed E-state index contributed by atoms with van der Waals surface area (Å²) in [6, 6.07) is 5.24. The molecule has 5 heteroatoms. The summed E-state index contributed by atoms with van der Waals surface area (Å²) in [7, 11) is 0. The SMILES string of the molecule is CCNC(=O)c1ccc(C)c(NC(=O)C2(N)CC2)c1. The molecule has 0 radical (unpaired) electrons. The maximum absolute atomic E-state index is 11.9. The number of carbonyl (C=O) groups is 2. The van der Waals surface area contributed by atoms with Crippen LogP contribution in [0, 0.1) is 6.92 Å². The van der Waals surface area contributed by atoms with Crippen molar-refractivity contribution < 1.29 is 9.59 Å². The van der Waals surface area contributed by atoms with E-state index in [9.17, 15) is 9.59 Å². The highest BCUT2D eigenvalue weighted by atomic mass is 16.2. The van der Waals surface area contributed by atoms with Gasteiger partial charge < -0.3 is 16.4 Å². The fourth-order valence-corrected chi connectivity index (χ4v) is 1.77. The maximum atomic E-state index is 11.9. The molecule has 1 aliphatic rings. The van der Waals surface area contributed by atoms with Gasteiger partial charge in [0.15, 0.2) is 0 Å². The summed E-state index contributed by atoms with van der Waals surface area (Å²) in [5.74, 6) is -0.324. The number of rotatable bonds is 4. The third-order valence-corrected chi connectivity index (χ3v) is 3.33. The molecule has 1 fully saturated rings. The molecule has 1 aromatic carbocycles. The standard InChI is InChI=1S/C14H19N3O2/c1-3-16-12(18)10-5-4-9(2)11(8-10)17-13(19)14(15)6-7-14/h4-5,8H,3,6-7,15H2,1-2H3,(H,16,18)(H,17,19). The molecule has 0 atom stereocenters. The van der Waals surface area contributed by atoms with Crippen molar-refractivity contribution in [2.75, 3.05) is 11.9 Å². The van der Waals surface area contributed by atoms with Crippen LogP contribution in [-0.4, -0.2) is 23.9 Å². The number of nitrogens with two attached hydrogens (primary N) is 1. The smallest absolute Gasteiger partial charge is 0.251 e. The molecule has 0 aromatic heterocycles. The molecule has 5 nitrogen and oxygen atoms in total. The van der Waals surface area contributed by atoms with E-state index < -0.39 is 5.54 Å². The number of hydrogen-bond acceptors (Lipinski definition) is 3. The van der Waals surface area contributed by atoms with E-state index in [-0.39, 0.29) is 11.8 Å². The first-order chi connectivity index (χ1) is 8.96. The molecule has 0 saturated heterocycles. The lowest BCUT2D eigenvalue weighted by atomic mass is 10.1. The minimum Gasteiger partial charge on any atom is -0.352 e. The molecule has 19 heavy (non-hydrogen) atoms. The summed E-state index contributed by atoms with van der Waals surface area (Å²) < 4.78 is 0. The van der Waals surface area contributed by atoms with Gasteiger partial charge in [-0.05, 0) is 44.4 Å². The summed E-state index contributed by atoms with van der Waals surface area (Å²) in [4.78, 5) is 23.7. The average molecular weight is 261 g/mol. The Bertz CT molecular complexity index is 521. The molecule has 0 bridgehead atoms. The number of benzene rings is 1. The topological polar surface area (TPSA) is 84.2 Å². The van der Waals surface area contributed by atoms with E-state index >= 15 is 0 Å². The number of anilines is 1. The fourth-order valence-electron chi connectivity index (χ4n) is 1.77. The zero-order chi connectivity index (χ0) is 14.0. The Labute approximate surface area is 112 Å². The second-order valence-corrected chi connectivity index (χ2v) is 5.00. The molecule has 1 aromatic rings. The minimum atomic E-state index is -0.714. The zero-order valence-corrected chi connectivity index (χ0v) is 11.2. The van der Waals surface area contributed by atoms with Gasteiger partial charge in [0.1, 0.15) is 0 Å². The van der Waals surface area contributed by atoms with Gasteiger partial charge in [0.05, 0.1) is 5.54 Å². The predicted octanol–water partition coefficient (Wildman–Crippen LogP) is 1.17. The summed E-state index contributed by atoms with van der Waals surface area (Å²) in [5.41, 5.74) is 7.21. The molecule has 4 N–H and O–H groups in total. The number of aryl methyl sites for hydroxylation is 1. The van der Waals surface area contributed by atoms with Crippen molar-refractivity contribution in [3.63, 3.8) is 0 Å². The van der Waals surface area contributed by atoms with E-state index in [1.807, 2.05) is 19.9 Å². The average Bonchev–Trinajstić information content (AvgIpc) is 3.11. The molecule has 0 aliphatic heterocycles. The van der Waals surface area contributed by atoms with Gasteiger partial charge in [0, 0.05) is 17.8 Å². The maximum Gasteiger partial charge on any atom is 0.251 e. The first kappa shape index (κ1) is 13.5. The highest BCUT2D eigenvalue weighted by molar-refractivity contribution is 6.02. The lowest BCUT2D eigenvalue weighted by Crippen LogP contribution is -2.38. The zero-order valence-electron chi connectivity index (χ0n) is 11.2. The first-order valence-corrected chi connectivity index (χ1v) is 6.45. The summed E-state index contributed by atoms with van der Waals surface area (Å²) >= 11 is 0. The Balaban J connectivity index is 2.17. The van der Waals surface area contributed by atoms with Crippen molar-refractivity contribution in [3.05, 3.63) is 29.3 Å². The molecule has 102 valence electrons. The van der Waals surface area contributed by atoms with Crippen LogP contribution < -0.4 is 16.4 Å². The highest BCUT2D eigenvalue weighted by Gasteiger charge is 2.46. The summed E-state index contributed by atoms with van der Waals surface area (Å²) in [6.45, 7) is 4.31. The van der Waals surface area contributed by atoms with Gasteiger partial charge in [-0.1, -0.05) is 6.07 Å². The molecular weight excluding hydrogens is 242 g/mol. The van der Waals surface area contributed by atoms with E-state index in [1.54, 1.807) is 12.1 Å². The van der Waals surface area contributed by atoms with Crippen molar-refractivity contribution in [2.45, 2.75) is 32.2 Å². The van der Waals surface area contributed by atoms with Gasteiger partial charge in [-0.15, -0.1) is 0 Å². The van der Waals surface area contributed by atoms with Crippen molar-refractivity contribution in [3.8, 4) is 0 Å². The molecular formula is C14H19N3O2. The van der Waals surface area contributed by atoms with Crippen LogP contribution in [0.4, 0.5) is 5.69 Å². The Morgan fingerprint density at radius 2 is 2.05 bits per heavy atom. The molecule has 0 spiro atoms. The van der Waals surface area contributed by atoms with Crippen LogP contribution in [0.2, 0.25) is 0 Å². The van der Waals surface area contributed by atoms with E-state index in [1.165, 1.54) is 0 Å². The molecule has 1 saturated carbocycles. The Morgan fingerprint density at radius 1 is 1.37 bits per heavy atom.